The summed E-state index contributed by atoms with van der Waals surface area (Å²) >= 11 is 6.82. The van der Waals surface area contributed by atoms with Gasteiger partial charge in [-0.05, 0) is 12.1 Å². The standard InChI is InChI=1S/C11H13FN2S2/c12-8-2-1-3-9(10(8)11(13)15)14-4-6-16-7-5-14/h1-3H,4-7H2,(H2,13,15). The van der Waals surface area contributed by atoms with Crippen molar-refractivity contribution >= 4 is 34.7 Å². The Morgan fingerprint density at radius 3 is 2.69 bits per heavy atom. The fourth-order valence-electron chi connectivity index (χ4n) is 1.82. The Balaban J connectivity index is 2.38. The first-order valence-corrected chi connectivity index (χ1v) is 6.67. The minimum atomic E-state index is -0.330. The lowest BCUT2D eigenvalue weighted by Gasteiger charge is -2.30. The van der Waals surface area contributed by atoms with Gasteiger partial charge in [-0.15, -0.1) is 0 Å². The fraction of sp³-hybridized carbons (Fsp3) is 0.364. The molecule has 0 unspecified atom stereocenters. The van der Waals surface area contributed by atoms with E-state index < -0.39 is 0 Å². The van der Waals surface area contributed by atoms with Gasteiger partial charge in [-0.1, -0.05) is 18.3 Å². The van der Waals surface area contributed by atoms with Crippen LogP contribution in [0.5, 0.6) is 0 Å². The second-order valence-corrected chi connectivity index (χ2v) is 5.26. The lowest BCUT2D eigenvalue weighted by atomic mass is 10.1. The molecule has 2 N–H and O–H groups in total. The van der Waals surface area contributed by atoms with Crippen LogP contribution in [0.15, 0.2) is 18.2 Å². The molecule has 1 aliphatic rings. The van der Waals surface area contributed by atoms with Crippen molar-refractivity contribution in [3.8, 4) is 0 Å². The van der Waals surface area contributed by atoms with E-state index in [1.165, 1.54) is 6.07 Å². The van der Waals surface area contributed by atoms with Gasteiger partial charge in [-0.3, -0.25) is 0 Å². The Kier molecular flexibility index (Phi) is 3.66. The first kappa shape index (κ1) is 11.7. The molecule has 0 saturated carbocycles. The van der Waals surface area contributed by atoms with Crippen LogP contribution in [0.3, 0.4) is 0 Å². The van der Waals surface area contributed by atoms with Gasteiger partial charge in [0.05, 0.1) is 5.56 Å². The third kappa shape index (κ3) is 2.30. The van der Waals surface area contributed by atoms with Gasteiger partial charge < -0.3 is 10.6 Å². The van der Waals surface area contributed by atoms with Gasteiger partial charge >= 0.3 is 0 Å². The van der Waals surface area contributed by atoms with Crippen molar-refractivity contribution in [3.63, 3.8) is 0 Å². The third-order valence-electron chi connectivity index (χ3n) is 2.59. The van der Waals surface area contributed by atoms with Crippen LogP contribution >= 0.6 is 24.0 Å². The predicted molar refractivity (Wildman–Crippen MR) is 71.8 cm³/mol. The maximum Gasteiger partial charge on any atom is 0.135 e. The van der Waals surface area contributed by atoms with Crippen molar-refractivity contribution in [2.75, 3.05) is 29.5 Å². The van der Waals surface area contributed by atoms with Gasteiger partial charge in [0.15, 0.2) is 0 Å². The number of thioether (sulfide) groups is 1. The van der Waals surface area contributed by atoms with Crippen LogP contribution in [-0.4, -0.2) is 29.6 Å². The van der Waals surface area contributed by atoms with Crippen LogP contribution in [0.4, 0.5) is 10.1 Å². The molecule has 0 aliphatic carbocycles. The normalized spacial score (nSPS) is 16.2. The van der Waals surface area contributed by atoms with E-state index in [9.17, 15) is 4.39 Å². The average molecular weight is 256 g/mol. The Morgan fingerprint density at radius 1 is 1.38 bits per heavy atom. The zero-order chi connectivity index (χ0) is 11.5. The molecule has 1 saturated heterocycles. The zero-order valence-corrected chi connectivity index (χ0v) is 10.4. The highest BCUT2D eigenvalue weighted by Crippen LogP contribution is 2.25. The molecule has 16 heavy (non-hydrogen) atoms. The number of thiocarbonyl (C=S) groups is 1. The quantitative estimate of drug-likeness (QED) is 0.820. The molecule has 0 amide bonds. The lowest BCUT2D eigenvalue weighted by Crippen LogP contribution is -2.34. The molecular formula is C11H13FN2S2. The number of rotatable bonds is 2. The molecule has 5 heteroatoms. The highest BCUT2D eigenvalue weighted by atomic mass is 32.2. The summed E-state index contributed by atoms with van der Waals surface area (Å²) in [6, 6.07) is 4.98. The molecule has 1 aromatic carbocycles. The molecule has 0 bridgehead atoms. The van der Waals surface area contributed by atoms with E-state index in [0.29, 0.717) is 5.56 Å². The number of hydrogen-bond donors (Lipinski definition) is 1. The second-order valence-electron chi connectivity index (χ2n) is 3.60. The van der Waals surface area contributed by atoms with E-state index in [0.717, 1.165) is 30.3 Å². The van der Waals surface area contributed by atoms with Gasteiger partial charge in [0, 0.05) is 30.3 Å². The van der Waals surface area contributed by atoms with Crippen LogP contribution < -0.4 is 10.6 Å². The van der Waals surface area contributed by atoms with Crippen molar-refractivity contribution < 1.29 is 4.39 Å². The van der Waals surface area contributed by atoms with E-state index >= 15 is 0 Å². The van der Waals surface area contributed by atoms with E-state index in [4.69, 9.17) is 18.0 Å². The number of nitrogens with zero attached hydrogens (tertiary/aromatic N) is 1. The summed E-state index contributed by atoms with van der Waals surface area (Å²) in [5.41, 5.74) is 6.79. The second kappa shape index (κ2) is 5.01. The number of benzene rings is 1. The van der Waals surface area contributed by atoms with Crippen LogP contribution in [0, 0.1) is 5.82 Å². The minimum Gasteiger partial charge on any atom is -0.389 e. The molecular weight excluding hydrogens is 243 g/mol. The maximum atomic E-state index is 13.7. The molecule has 0 spiro atoms. The SMILES string of the molecule is NC(=S)c1c(F)cccc1N1CCSCC1. The van der Waals surface area contributed by atoms with Crippen molar-refractivity contribution in [2.24, 2.45) is 5.73 Å². The van der Waals surface area contributed by atoms with E-state index in [-0.39, 0.29) is 10.8 Å². The number of hydrogen-bond acceptors (Lipinski definition) is 3. The van der Waals surface area contributed by atoms with Crippen molar-refractivity contribution in [3.05, 3.63) is 29.6 Å². The summed E-state index contributed by atoms with van der Waals surface area (Å²) in [5, 5.41) is 0. The molecule has 1 aromatic rings. The monoisotopic (exact) mass is 256 g/mol. The van der Waals surface area contributed by atoms with Crippen molar-refractivity contribution in [2.45, 2.75) is 0 Å². The Bertz CT molecular complexity index is 403. The minimum absolute atomic E-state index is 0.131. The van der Waals surface area contributed by atoms with Gasteiger partial charge in [0.1, 0.15) is 10.8 Å². The van der Waals surface area contributed by atoms with Gasteiger partial charge in [-0.25, -0.2) is 4.39 Å². The molecule has 2 rings (SSSR count). The first-order chi connectivity index (χ1) is 7.70. The van der Waals surface area contributed by atoms with Gasteiger partial charge in [-0.2, -0.15) is 11.8 Å². The molecule has 1 aliphatic heterocycles. The summed E-state index contributed by atoms with van der Waals surface area (Å²) in [4.78, 5) is 2.28. The van der Waals surface area contributed by atoms with Crippen molar-refractivity contribution in [1.82, 2.24) is 0 Å². The summed E-state index contributed by atoms with van der Waals surface area (Å²) in [6.07, 6.45) is 0. The smallest absolute Gasteiger partial charge is 0.135 e. The summed E-state index contributed by atoms with van der Waals surface area (Å²) < 4.78 is 13.7. The highest BCUT2D eigenvalue weighted by molar-refractivity contribution is 7.99. The van der Waals surface area contributed by atoms with Gasteiger partial charge in [0.25, 0.3) is 0 Å². The van der Waals surface area contributed by atoms with E-state index in [2.05, 4.69) is 4.90 Å². The first-order valence-electron chi connectivity index (χ1n) is 5.11. The lowest BCUT2D eigenvalue weighted by molar-refractivity contribution is 0.624. The van der Waals surface area contributed by atoms with Gasteiger partial charge in [0.2, 0.25) is 0 Å². The summed E-state index contributed by atoms with van der Waals surface area (Å²) in [6.45, 7) is 1.84. The molecule has 2 nitrogen and oxygen atoms in total. The van der Waals surface area contributed by atoms with Crippen LogP contribution in [-0.2, 0) is 0 Å². The Morgan fingerprint density at radius 2 is 2.06 bits per heavy atom. The third-order valence-corrected chi connectivity index (χ3v) is 3.74. The predicted octanol–water partition coefficient (Wildman–Crippen LogP) is 2.01. The Hall–Kier alpha value is -0.810. The molecule has 0 atom stereocenters. The van der Waals surface area contributed by atoms with Crippen LogP contribution in [0.25, 0.3) is 0 Å². The summed E-state index contributed by atoms with van der Waals surface area (Å²) in [5.74, 6) is 1.80. The van der Waals surface area contributed by atoms with E-state index in [1.807, 2.05) is 17.8 Å². The largest absolute Gasteiger partial charge is 0.389 e. The fourth-order valence-corrected chi connectivity index (χ4v) is 2.93. The van der Waals surface area contributed by atoms with E-state index in [1.54, 1.807) is 6.07 Å². The molecule has 0 radical (unpaired) electrons. The molecule has 86 valence electrons. The molecule has 1 heterocycles. The summed E-state index contributed by atoms with van der Waals surface area (Å²) in [7, 11) is 0. The van der Waals surface area contributed by atoms with Crippen LogP contribution in [0.2, 0.25) is 0 Å². The topological polar surface area (TPSA) is 29.3 Å². The highest BCUT2D eigenvalue weighted by Gasteiger charge is 2.18. The number of halogens is 1. The van der Waals surface area contributed by atoms with Crippen LogP contribution in [0.1, 0.15) is 5.56 Å². The maximum absolute atomic E-state index is 13.7. The molecule has 0 aromatic heterocycles. The van der Waals surface area contributed by atoms with Crippen molar-refractivity contribution in [1.29, 1.82) is 0 Å². The number of anilines is 1. The number of nitrogens with two attached hydrogens (primary N) is 1. The Labute approximate surface area is 104 Å². The zero-order valence-electron chi connectivity index (χ0n) is 8.78. The molecule has 1 fully saturated rings. The average Bonchev–Trinajstić information content (AvgIpc) is 2.29.